The molecule has 1 aliphatic heterocycles. The lowest BCUT2D eigenvalue weighted by Gasteiger charge is -2.23. The number of rotatable bonds is 4. The van der Waals surface area contributed by atoms with Gasteiger partial charge in [0.15, 0.2) is 17.3 Å². The number of halogens is 1. The summed E-state index contributed by atoms with van der Waals surface area (Å²) in [5.41, 5.74) is 4.50. The van der Waals surface area contributed by atoms with Gasteiger partial charge in [0.05, 0.1) is 25.7 Å². The molecule has 0 atom stereocenters. The minimum Gasteiger partial charge on any atom is -0.490 e. The molecule has 0 unspecified atom stereocenters. The molecule has 0 saturated carbocycles. The van der Waals surface area contributed by atoms with E-state index >= 15 is 0 Å². The van der Waals surface area contributed by atoms with Crippen LogP contribution in [0.5, 0.6) is 5.75 Å². The lowest BCUT2D eigenvalue weighted by molar-refractivity contribution is -0.139. The maximum atomic E-state index is 15.0. The summed E-state index contributed by atoms with van der Waals surface area (Å²) in [5, 5.41) is 13.5. The number of carboxylic acid groups (broad SMARTS) is 1. The molecule has 156 valence electrons. The van der Waals surface area contributed by atoms with Crippen LogP contribution in [0.15, 0.2) is 18.3 Å². The van der Waals surface area contributed by atoms with E-state index < -0.39 is 17.8 Å². The molecule has 0 spiro atoms. The topological polar surface area (TPSA) is 90.1 Å². The number of aromatic carboxylic acids is 1. The maximum absolute atomic E-state index is 15.0. The Morgan fingerprint density at radius 3 is 2.80 bits per heavy atom. The Morgan fingerprint density at radius 1 is 1.33 bits per heavy atom. The highest BCUT2D eigenvalue weighted by atomic mass is 19.1. The van der Waals surface area contributed by atoms with Gasteiger partial charge in [0.1, 0.15) is 0 Å². The van der Waals surface area contributed by atoms with Crippen molar-refractivity contribution in [3.63, 3.8) is 0 Å². The fourth-order valence-electron chi connectivity index (χ4n) is 4.06. The van der Waals surface area contributed by atoms with Crippen molar-refractivity contribution in [2.75, 3.05) is 13.7 Å². The van der Waals surface area contributed by atoms with E-state index in [4.69, 9.17) is 9.47 Å². The molecule has 1 aliphatic rings. The van der Waals surface area contributed by atoms with Crippen LogP contribution in [0.3, 0.4) is 0 Å². The molecular formula is C22H21FN2O5. The molecule has 0 bridgehead atoms. The van der Waals surface area contributed by atoms with Gasteiger partial charge in [-0.15, -0.1) is 0 Å². The largest absolute Gasteiger partial charge is 0.490 e. The van der Waals surface area contributed by atoms with E-state index in [1.54, 1.807) is 13.1 Å². The van der Waals surface area contributed by atoms with Gasteiger partial charge in [-0.1, -0.05) is 0 Å². The number of hydrogen-bond acceptors (Lipinski definition) is 5. The Hall–Kier alpha value is -3.42. The van der Waals surface area contributed by atoms with E-state index in [0.717, 1.165) is 23.1 Å². The van der Waals surface area contributed by atoms with Crippen molar-refractivity contribution in [2.45, 2.75) is 33.1 Å². The smallest absolute Gasteiger partial charge is 0.356 e. The van der Waals surface area contributed by atoms with Crippen LogP contribution in [-0.2, 0) is 22.4 Å². The highest BCUT2D eigenvalue weighted by molar-refractivity contribution is 5.93. The lowest BCUT2D eigenvalue weighted by Crippen LogP contribution is -2.13. The molecule has 0 saturated heterocycles. The first-order valence-corrected chi connectivity index (χ1v) is 9.59. The minimum absolute atomic E-state index is 0.0314. The predicted molar refractivity (Wildman–Crippen MR) is 107 cm³/mol. The number of benzene rings is 1. The fourth-order valence-corrected chi connectivity index (χ4v) is 4.06. The van der Waals surface area contributed by atoms with Crippen molar-refractivity contribution in [1.29, 1.82) is 0 Å². The molecule has 2 aromatic heterocycles. The zero-order chi connectivity index (χ0) is 21.6. The Bertz CT molecular complexity index is 1200. The van der Waals surface area contributed by atoms with Crippen molar-refractivity contribution in [1.82, 2.24) is 9.61 Å². The Kier molecular flexibility index (Phi) is 4.93. The van der Waals surface area contributed by atoms with Gasteiger partial charge >= 0.3 is 11.9 Å². The summed E-state index contributed by atoms with van der Waals surface area (Å²) in [6, 6.07) is 2.83. The molecule has 30 heavy (non-hydrogen) atoms. The summed E-state index contributed by atoms with van der Waals surface area (Å²) in [4.78, 5) is 23.6. The number of aromatic nitrogens is 2. The molecule has 1 aromatic carbocycles. The predicted octanol–water partition coefficient (Wildman–Crippen LogP) is 3.50. The quantitative estimate of drug-likeness (QED) is 0.660. The number of carboxylic acids is 1. The third-order valence-corrected chi connectivity index (χ3v) is 5.56. The monoisotopic (exact) mass is 412 g/mol. The van der Waals surface area contributed by atoms with Crippen molar-refractivity contribution in [3.8, 4) is 16.9 Å². The number of esters is 1. The van der Waals surface area contributed by atoms with Gasteiger partial charge in [0.25, 0.3) is 0 Å². The molecular weight excluding hydrogens is 391 g/mol. The van der Waals surface area contributed by atoms with E-state index in [-0.39, 0.29) is 17.9 Å². The molecule has 0 amide bonds. The van der Waals surface area contributed by atoms with Crippen molar-refractivity contribution < 1.29 is 28.6 Å². The van der Waals surface area contributed by atoms with Gasteiger partial charge in [0.2, 0.25) is 0 Å². The number of ether oxygens (including phenoxy) is 2. The van der Waals surface area contributed by atoms with Crippen LogP contribution < -0.4 is 4.74 Å². The third-order valence-electron chi connectivity index (χ3n) is 5.56. The Labute approximate surface area is 172 Å². The van der Waals surface area contributed by atoms with Gasteiger partial charge in [0, 0.05) is 17.3 Å². The first-order chi connectivity index (χ1) is 14.3. The molecule has 7 nitrogen and oxygen atoms in total. The summed E-state index contributed by atoms with van der Waals surface area (Å²) in [5.74, 6) is -1.83. The van der Waals surface area contributed by atoms with Crippen LogP contribution in [0.2, 0.25) is 0 Å². The number of nitrogens with zero attached hydrogens (tertiary/aromatic N) is 2. The van der Waals surface area contributed by atoms with Crippen LogP contribution in [0.25, 0.3) is 16.6 Å². The average Bonchev–Trinajstić information content (AvgIpc) is 3.15. The molecule has 0 aliphatic carbocycles. The van der Waals surface area contributed by atoms with Crippen LogP contribution in [0.1, 0.15) is 39.2 Å². The molecule has 8 heteroatoms. The lowest BCUT2D eigenvalue weighted by atomic mass is 9.88. The van der Waals surface area contributed by atoms with Crippen LogP contribution in [-0.4, -0.2) is 40.4 Å². The second-order valence-corrected chi connectivity index (χ2v) is 7.37. The highest BCUT2D eigenvalue weighted by Gasteiger charge is 2.26. The van der Waals surface area contributed by atoms with Gasteiger partial charge in [-0.25, -0.2) is 13.7 Å². The van der Waals surface area contributed by atoms with E-state index in [9.17, 15) is 19.1 Å². The van der Waals surface area contributed by atoms with E-state index in [0.29, 0.717) is 35.2 Å². The number of methoxy groups -OCH3 is 1. The van der Waals surface area contributed by atoms with E-state index in [1.165, 1.54) is 23.8 Å². The normalized spacial score (nSPS) is 13.1. The van der Waals surface area contributed by atoms with Gasteiger partial charge in [-0.3, -0.25) is 4.79 Å². The standard InChI is InChI=1S/C22H21FN2O5/c1-11-10-25-18(9-17(24-25)22(27)28)20(14(11)8-19(26)29-3)15-7-16(23)21-13(12(15)2)5-4-6-30-21/h7,9-10H,4-6,8H2,1-3H3,(H,27,28). The molecule has 0 radical (unpaired) electrons. The Balaban J connectivity index is 2.08. The first kappa shape index (κ1) is 19.9. The summed E-state index contributed by atoms with van der Waals surface area (Å²) >= 11 is 0. The van der Waals surface area contributed by atoms with Gasteiger partial charge < -0.3 is 14.6 Å². The number of hydrogen-bond donors (Lipinski definition) is 1. The van der Waals surface area contributed by atoms with E-state index in [2.05, 4.69) is 5.10 Å². The van der Waals surface area contributed by atoms with Crippen LogP contribution in [0, 0.1) is 19.7 Å². The number of aryl methyl sites for hydroxylation is 1. The molecule has 3 aromatic rings. The van der Waals surface area contributed by atoms with Crippen molar-refractivity contribution in [2.24, 2.45) is 0 Å². The molecule has 0 fully saturated rings. The second kappa shape index (κ2) is 7.44. The van der Waals surface area contributed by atoms with E-state index in [1.807, 2.05) is 6.92 Å². The SMILES string of the molecule is COC(=O)Cc1c(C)cn2nc(C(=O)O)cc2c1-c1cc(F)c2c(c1C)CCCO2. The number of carbonyl (C=O) groups excluding carboxylic acids is 1. The Morgan fingerprint density at radius 2 is 2.10 bits per heavy atom. The van der Waals surface area contributed by atoms with Crippen molar-refractivity contribution in [3.05, 3.63) is 52.1 Å². The summed E-state index contributed by atoms with van der Waals surface area (Å²) < 4.78 is 26.8. The third kappa shape index (κ3) is 3.18. The summed E-state index contributed by atoms with van der Waals surface area (Å²) in [6.45, 7) is 4.16. The highest BCUT2D eigenvalue weighted by Crippen LogP contribution is 2.40. The molecule has 3 heterocycles. The molecule has 1 N–H and O–H groups in total. The van der Waals surface area contributed by atoms with Crippen LogP contribution in [0.4, 0.5) is 4.39 Å². The molecule has 4 rings (SSSR count). The maximum Gasteiger partial charge on any atom is 0.356 e. The summed E-state index contributed by atoms with van der Waals surface area (Å²) in [7, 11) is 1.30. The van der Waals surface area contributed by atoms with Gasteiger partial charge in [-0.05, 0) is 61.1 Å². The zero-order valence-electron chi connectivity index (χ0n) is 16.9. The number of carbonyl (C=O) groups is 2. The zero-order valence-corrected chi connectivity index (χ0v) is 16.9. The van der Waals surface area contributed by atoms with Crippen LogP contribution >= 0.6 is 0 Å². The van der Waals surface area contributed by atoms with Crippen molar-refractivity contribution >= 4 is 17.5 Å². The minimum atomic E-state index is -1.17. The summed E-state index contributed by atoms with van der Waals surface area (Å²) in [6.07, 6.45) is 3.10. The average molecular weight is 412 g/mol. The number of fused-ring (bicyclic) bond motifs is 2. The van der Waals surface area contributed by atoms with Gasteiger partial charge in [-0.2, -0.15) is 5.10 Å². The first-order valence-electron chi connectivity index (χ1n) is 9.59. The fraction of sp³-hybridized carbons (Fsp3) is 0.318. The second-order valence-electron chi connectivity index (χ2n) is 7.37. The number of pyridine rings is 1.